The second-order valence-corrected chi connectivity index (χ2v) is 5.67. The van der Waals surface area contributed by atoms with Gasteiger partial charge in [0.15, 0.2) is 0 Å². The Morgan fingerprint density at radius 2 is 1.47 bits per heavy atom. The maximum Gasteiger partial charge on any atom is 0.0619 e. The molecule has 2 atom stereocenters. The molecule has 88 valence electrons. The Balaban J connectivity index is 1.92. The van der Waals surface area contributed by atoms with Crippen LogP contribution in [-0.4, -0.2) is 42.1 Å². The van der Waals surface area contributed by atoms with E-state index < -0.39 is 0 Å². The molecular formula is C13H26N2. The van der Waals surface area contributed by atoms with Crippen molar-refractivity contribution >= 4 is 0 Å². The lowest BCUT2D eigenvalue weighted by molar-refractivity contribution is 0.0708. The zero-order valence-corrected chi connectivity index (χ0v) is 10.6. The molecule has 2 aliphatic rings. The quantitative estimate of drug-likeness (QED) is 0.706. The highest BCUT2D eigenvalue weighted by Gasteiger charge is 2.31. The van der Waals surface area contributed by atoms with E-state index in [2.05, 4.69) is 30.6 Å². The summed E-state index contributed by atoms with van der Waals surface area (Å²) in [5.41, 5.74) is 0. The molecule has 0 amide bonds. The molecule has 0 aliphatic carbocycles. The Hall–Kier alpha value is -0.0800. The van der Waals surface area contributed by atoms with Gasteiger partial charge in [0.05, 0.1) is 6.17 Å². The van der Waals surface area contributed by atoms with Crippen LogP contribution in [0.25, 0.3) is 0 Å². The first-order chi connectivity index (χ1) is 7.20. The monoisotopic (exact) mass is 210 g/mol. The Labute approximate surface area is 94.6 Å². The van der Waals surface area contributed by atoms with Crippen LogP contribution in [0.15, 0.2) is 0 Å². The molecule has 0 saturated carbocycles. The van der Waals surface area contributed by atoms with Crippen LogP contribution in [-0.2, 0) is 0 Å². The van der Waals surface area contributed by atoms with Gasteiger partial charge in [0.25, 0.3) is 0 Å². The molecule has 2 nitrogen and oxygen atoms in total. The average Bonchev–Trinajstić information content (AvgIpc) is 2.78. The number of likely N-dealkylation sites (tertiary alicyclic amines) is 2. The topological polar surface area (TPSA) is 6.48 Å². The Morgan fingerprint density at radius 1 is 1.00 bits per heavy atom. The van der Waals surface area contributed by atoms with Crippen molar-refractivity contribution in [3.05, 3.63) is 0 Å². The summed E-state index contributed by atoms with van der Waals surface area (Å²) in [6.45, 7) is 12.4. The summed E-state index contributed by atoms with van der Waals surface area (Å²) in [5, 5.41) is 0. The fraction of sp³-hybridized carbons (Fsp3) is 1.00. The van der Waals surface area contributed by atoms with Crippen molar-refractivity contribution in [2.24, 2.45) is 11.8 Å². The van der Waals surface area contributed by atoms with Gasteiger partial charge in [-0.05, 0) is 44.2 Å². The second-order valence-electron chi connectivity index (χ2n) is 5.67. The summed E-state index contributed by atoms with van der Waals surface area (Å²) in [4.78, 5) is 5.42. The van der Waals surface area contributed by atoms with Crippen LogP contribution in [0.5, 0.6) is 0 Å². The fourth-order valence-electron chi connectivity index (χ4n) is 3.23. The van der Waals surface area contributed by atoms with E-state index in [4.69, 9.17) is 0 Å². The van der Waals surface area contributed by atoms with Crippen LogP contribution < -0.4 is 0 Å². The molecule has 2 aliphatic heterocycles. The standard InChI is InChI=1S/C13H26N2/c1-4-13(14-7-5-11(2)9-14)15-8-6-12(3)10-15/h11-13H,4-10H2,1-3H3. The van der Waals surface area contributed by atoms with Crippen molar-refractivity contribution in [3.8, 4) is 0 Å². The lowest BCUT2D eigenvalue weighted by atomic mass is 10.2. The summed E-state index contributed by atoms with van der Waals surface area (Å²) in [7, 11) is 0. The minimum atomic E-state index is 0.736. The zero-order valence-electron chi connectivity index (χ0n) is 10.6. The van der Waals surface area contributed by atoms with Crippen molar-refractivity contribution in [1.29, 1.82) is 0 Å². The minimum Gasteiger partial charge on any atom is -0.288 e. The van der Waals surface area contributed by atoms with E-state index in [0.29, 0.717) is 0 Å². The molecular weight excluding hydrogens is 184 g/mol. The second kappa shape index (κ2) is 4.84. The van der Waals surface area contributed by atoms with E-state index in [9.17, 15) is 0 Å². The van der Waals surface area contributed by atoms with Crippen molar-refractivity contribution in [3.63, 3.8) is 0 Å². The first-order valence-electron chi connectivity index (χ1n) is 6.68. The first kappa shape index (κ1) is 11.4. The predicted octanol–water partition coefficient (Wildman–Crippen LogP) is 2.41. The molecule has 0 N–H and O–H groups in total. The van der Waals surface area contributed by atoms with Crippen molar-refractivity contribution < 1.29 is 0 Å². The molecule has 15 heavy (non-hydrogen) atoms. The first-order valence-corrected chi connectivity index (χ1v) is 6.68. The summed E-state index contributed by atoms with van der Waals surface area (Å²) >= 11 is 0. The van der Waals surface area contributed by atoms with E-state index in [1.807, 2.05) is 0 Å². The Kier molecular flexibility index (Phi) is 3.68. The van der Waals surface area contributed by atoms with Gasteiger partial charge in [-0.2, -0.15) is 0 Å². The smallest absolute Gasteiger partial charge is 0.0619 e. The van der Waals surface area contributed by atoms with Crippen LogP contribution in [0.4, 0.5) is 0 Å². The lowest BCUT2D eigenvalue weighted by Crippen LogP contribution is -2.46. The van der Waals surface area contributed by atoms with Crippen molar-refractivity contribution in [2.75, 3.05) is 26.2 Å². The van der Waals surface area contributed by atoms with Crippen LogP contribution in [0, 0.1) is 11.8 Å². The summed E-state index contributed by atoms with van der Waals surface area (Å²) in [6, 6.07) is 0. The molecule has 2 heterocycles. The maximum atomic E-state index is 2.71. The van der Waals surface area contributed by atoms with Crippen molar-refractivity contribution in [1.82, 2.24) is 9.80 Å². The molecule has 0 spiro atoms. The third-order valence-electron chi connectivity index (χ3n) is 4.12. The normalized spacial score (nSPS) is 36.2. The van der Waals surface area contributed by atoms with E-state index in [1.54, 1.807) is 0 Å². The van der Waals surface area contributed by atoms with E-state index in [1.165, 1.54) is 45.4 Å². The molecule has 2 heteroatoms. The highest BCUT2D eigenvalue weighted by atomic mass is 15.4. The fourth-order valence-corrected chi connectivity index (χ4v) is 3.23. The van der Waals surface area contributed by atoms with Crippen molar-refractivity contribution in [2.45, 2.75) is 46.2 Å². The molecule has 2 rings (SSSR count). The van der Waals surface area contributed by atoms with Gasteiger partial charge in [0.2, 0.25) is 0 Å². The van der Waals surface area contributed by atoms with Crippen LogP contribution in [0.2, 0.25) is 0 Å². The molecule has 0 aromatic heterocycles. The zero-order chi connectivity index (χ0) is 10.8. The van der Waals surface area contributed by atoms with Gasteiger partial charge in [0.1, 0.15) is 0 Å². The number of rotatable bonds is 3. The van der Waals surface area contributed by atoms with Crippen LogP contribution in [0.1, 0.15) is 40.0 Å². The summed E-state index contributed by atoms with van der Waals surface area (Å²) < 4.78 is 0. The molecule has 0 aromatic carbocycles. The third-order valence-corrected chi connectivity index (χ3v) is 4.12. The summed E-state index contributed by atoms with van der Waals surface area (Å²) in [5.74, 6) is 1.83. The third kappa shape index (κ3) is 2.54. The highest BCUT2D eigenvalue weighted by molar-refractivity contribution is 4.83. The van der Waals surface area contributed by atoms with E-state index in [0.717, 1.165) is 18.0 Å². The number of hydrogen-bond donors (Lipinski definition) is 0. The molecule has 0 radical (unpaired) electrons. The molecule has 0 bridgehead atoms. The minimum absolute atomic E-state index is 0.736. The van der Waals surface area contributed by atoms with Crippen LogP contribution in [0.3, 0.4) is 0 Å². The molecule has 2 saturated heterocycles. The van der Waals surface area contributed by atoms with Crippen LogP contribution >= 0.6 is 0 Å². The molecule has 2 fully saturated rings. The predicted molar refractivity (Wildman–Crippen MR) is 64.8 cm³/mol. The van der Waals surface area contributed by atoms with Gasteiger partial charge < -0.3 is 0 Å². The van der Waals surface area contributed by atoms with Gasteiger partial charge in [-0.3, -0.25) is 9.80 Å². The van der Waals surface area contributed by atoms with Gasteiger partial charge >= 0.3 is 0 Å². The molecule has 2 unspecified atom stereocenters. The maximum absolute atomic E-state index is 2.71. The molecule has 0 aromatic rings. The van der Waals surface area contributed by atoms with Gasteiger partial charge in [-0.25, -0.2) is 0 Å². The Morgan fingerprint density at radius 3 is 1.73 bits per heavy atom. The Bertz CT molecular complexity index is 185. The highest BCUT2D eigenvalue weighted by Crippen LogP contribution is 2.25. The van der Waals surface area contributed by atoms with Gasteiger partial charge in [-0.1, -0.05) is 20.8 Å². The lowest BCUT2D eigenvalue weighted by Gasteiger charge is -2.34. The number of hydrogen-bond acceptors (Lipinski definition) is 2. The van der Waals surface area contributed by atoms with Gasteiger partial charge in [0, 0.05) is 13.1 Å². The SMILES string of the molecule is CCC(N1CCC(C)C1)N1CCC(C)C1. The van der Waals surface area contributed by atoms with E-state index >= 15 is 0 Å². The van der Waals surface area contributed by atoms with E-state index in [-0.39, 0.29) is 0 Å². The van der Waals surface area contributed by atoms with Gasteiger partial charge in [-0.15, -0.1) is 0 Å². The average molecular weight is 210 g/mol. The number of nitrogens with zero attached hydrogens (tertiary/aromatic N) is 2. The largest absolute Gasteiger partial charge is 0.288 e. The summed E-state index contributed by atoms with van der Waals surface area (Å²) in [6.07, 6.45) is 4.83.